The smallest absolute Gasteiger partial charge is 0.153 e. The van der Waals surface area contributed by atoms with E-state index in [0.717, 1.165) is 10.2 Å². The molecule has 1 nitrogen and oxygen atoms in total. The Bertz CT molecular complexity index is 528. The fourth-order valence-electron chi connectivity index (χ4n) is 1.55. The molecule has 2 aromatic carbocycles. The number of rotatable bonds is 5. The molecule has 0 bridgehead atoms. The molecule has 0 spiro atoms. The summed E-state index contributed by atoms with van der Waals surface area (Å²) in [5, 5.41) is 1.12. The molecular formula is C14H15OPS2. The fraction of sp³-hybridized carbons (Fsp3) is 0.143. The van der Waals surface area contributed by atoms with Gasteiger partial charge >= 0.3 is 0 Å². The first-order chi connectivity index (χ1) is 8.74. The normalized spacial score (nSPS) is 14.1. The van der Waals surface area contributed by atoms with Crippen LogP contribution in [0.4, 0.5) is 0 Å². The molecule has 0 amide bonds. The Morgan fingerprint density at radius 3 is 2.11 bits per heavy atom. The van der Waals surface area contributed by atoms with Crippen LogP contribution in [0.3, 0.4) is 0 Å². The van der Waals surface area contributed by atoms with E-state index < -0.39 is 5.47 Å². The second-order valence-corrected chi connectivity index (χ2v) is 10.4. The van der Waals surface area contributed by atoms with Crippen molar-refractivity contribution in [1.82, 2.24) is 0 Å². The van der Waals surface area contributed by atoms with Crippen LogP contribution in [-0.2, 0) is 16.3 Å². The monoisotopic (exact) mass is 294 g/mol. The van der Waals surface area contributed by atoms with Crippen LogP contribution in [0.2, 0.25) is 0 Å². The summed E-state index contributed by atoms with van der Waals surface area (Å²) in [5.74, 6) is 0. The molecule has 2 rings (SSSR count). The summed E-state index contributed by atoms with van der Waals surface area (Å²) in [7, 11) is 0. The van der Waals surface area contributed by atoms with Gasteiger partial charge in [0.15, 0.2) is 5.47 Å². The quantitative estimate of drug-likeness (QED) is 0.754. The molecule has 18 heavy (non-hydrogen) atoms. The highest BCUT2D eigenvalue weighted by atomic mass is 32.9. The van der Waals surface area contributed by atoms with E-state index in [9.17, 15) is 0 Å². The van der Waals surface area contributed by atoms with E-state index >= 15 is 0 Å². The van der Waals surface area contributed by atoms with Crippen molar-refractivity contribution in [3.05, 3.63) is 60.7 Å². The largest absolute Gasteiger partial charge is 0.338 e. The molecule has 0 radical (unpaired) electrons. The van der Waals surface area contributed by atoms with E-state index in [0.29, 0.717) is 6.61 Å². The van der Waals surface area contributed by atoms with Crippen molar-refractivity contribution < 1.29 is 4.52 Å². The van der Waals surface area contributed by atoms with Crippen LogP contribution in [0, 0.1) is 0 Å². The molecule has 94 valence electrons. The zero-order chi connectivity index (χ0) is 12.8. The average Bonchev–Trinajstić information content (AvgIpc) is 2.41. The summed E-state index contributed by atoms with van der Waals surface area (Å²) >= 11 is 7.47. The summed E-state index contributed by atoms with van der Waals surface area (Å²) < 4.78 is 5.91. The maximum atomic E-state index is 5.91. The SMILES string of the molecule is CCOP(=S)(Sc1ccccc1)c1ccccc1. The van der Waals surface area contributed by atoms with Gasteiger partial charge in [0.1, 0.15) is 0 Å². The number of hydrogen-bond donors (Lipinski definition) is 0. The molecule has 2 aromatic rings. The third kappa shape index (κ3) is 3.46. The maximum absolute atomic E-state index is 5.91. The van der Waals surface area contributed by atoms with Crippen molar-refractivity contribution in [3.63, 3.8) is 0 Å². The predicted octanol–water partition coefficient (Wildman–Crippen LogP) is 4.45. The first kappa shape index (κ1) is 13.8. The van der Waals surface area contributed by atoms with E-state index in [1.165, 1.54) is 0 Å². The van der Waals surface area contributed by atoms with E-state index in [1.54, 1.807) is 11.4 Å². The molecular weight excluding hydrogens is 279 g/mol. The first-order valence-corrected chi connectivity index (χ1v) is 9.93. The highest BCUT2D eigenvalue weighted by Crippen LogP contribution is 2.61. The lowest BCUT2D eigenvalue weighted by molar-refractivity contribution is 0.390. The summed E-state index contributed by atoms with van der Waals surface area (Å²) in [6.07, 6.45) is 0. The standard InChI is InChI=1S/C14H15OPS2/c1-2-15-16(17,13-9-5-3-6-10-13)18-14-11-7-4-8-12-14/h3-12H,2H2,1H3. The van der Waals surface area contributed by atoms with Crippen molar-refractivity contribution in [3.8, 4) is 0 Å². The summed E-state index contributed by atoms with van der Waals surface area (Å²) in [4.78, 5) is 1.16. The van der Waals surface area contributed by atoms with Gasteiger partial charge in [-0.05, 0) is 19.1 Å². The summed E-state index contributed by atoms with van der Waals surface area (Å²) in [5.41, 5.74) is -2.04. The van der Waals surface area contributed by atoms with Gasteiger partial charge in [0.25, 0.3) is 0 Å². The topological polar surface area (TPSA) is 9.23 Å². The Hall–Kier alpha value is -0.600. The van der Waals surface area contributed by atoms with E-state index in [2.05, 4.69) is 24.3 Å². The summed E-state index contributed by atoms with van der Waals surface area (Å²) in [6.45, 7) is 2.64. The van der Waals surface area contributed by atoms with E-state index in [1.807, 2.05) is 43.3 Å². The van der Waals surface area contributed by atoms with Gasteiger partial charge in [-0.3, -0.25) is 0 Å². The molecule has 0 heterocycles. The van der Waals surface area contributed by atoms with Crippen LogP contribution in [-0.4, -0.2) is 6.61 Å². The Kier molecular flexibility index (Phi) is 5.02. The molecule has 0 N–H and O–H groups in total. The van der Waals surface area contributed by atoms with Gasteiger partial charge in [-0.1, -0.05) is 71.7 Å². The molecule has 0 saturated heterocycles. The molecule has 1 unspecified atom stereocenters. The molecule has 0 aromatic heterocycles. The van der Waals surface area contributed by atoms with Crippen LogP contribution < -0.4 is 5.30 Å². The maximum Gasteiger partial charge on any atom is 0.153 e. The number of hydrogen-bond acceptors (Lipinski definition) is 3. The minimum absolute atomic E-state index is 0.645. The van der Waals surface area contributed by atoms with Crippen molar-refractivity contribution in [2.45, 2.75) is 11.8 Å². The third-order valence-corrected chi connectivity index (χ3v) is 8.51. The lowest BCUT2D eigenvalue weighted by atomic mass is 10.4. The summed E-state index contributed by atoms with van der Waals surface area (Å²) in [6, 6.07) is 20.4. The van der Waals surface area contributed by atoms with Gasteiger partial charge in [-0.2, -0.15) is 0 Å². The van der Waals surface area contributed by atoms with Crippen LogP contribution in [0.5, 0.6) is 0 Å². The first-order valence-electron chi connectivity index (χ1n) is 5.79. The second kappa shape index (κ2) is 6.53. The molecule has 0 fully saturated rings. The van der Waals surface area contributed by atoms with E-state index in [4.69, 9.17) is 16.3 Å². The minimum atomic E-state index is -2.04. The zero-order valence-corrected chi connectivity index (χ0v) is 12.7. The molecule has 0 saturated carbocycles. The molecule has 1 atom stereocenters. The van der Waals surface area contributed by atoms with Crippen molar-refractivity contribution in [2.24, 2.45) is 0 Å². The lowest BCUT2D eigenvalue weighted by Crippen LogP contribution is -2.04. The fourth-order valence-corrected chi connectivity index (χ4v) is 7.10. The third-order valence-electron chi connectivity index (χ3n) is 2.34. The zero-order valence-electron chi connectivity index (χ0n) is 10.2. The van der Waals surface area contributed by atoms with Crippen LogP contribution >= 0.6 is 16.8 Å². The molecule has 0 aliphatic heterocycles. The Morgan fingerprint density at radius 1 is 1.00 bits per heavy atom. The van der Waals surface area contributed by atoms with Crippen molar-refractivity contribution in [2.75, 3.05) is 6.61 Å². The van der Waals surface area contributed by atoms with Gasteiger partial charge in [0.2, 0.25) is 0 Å². The van der Waals surface area contributed by atoms with Crippen molar-refractivity contribution in [1.29, 1.82) is 0 Å². The van der Waals surface area contributed by atoms with Crippen LogP contribution in [0.25, 0.3) is 0 Å². The van der Waals surface area contributed by atoms with Gasteiger partial charge in [-0.25, -0.2) is 0 Å². The second-order valence-electron chi connectivity index (χ2n) is 3.66. The number of benzene rings is 2. The highest BCUT2D eigenvalue weighted by Gasteiger charge is 2.21. The molecule has 0 aliphatic rings. The van der Waals surface area contributed by atoms with Gasteiger partial charge in [-0.15, -0.1) is 0 Å². The molecule has 0 aliphatic carbocycles. The van der Waals surface area contributed by atoms with Crippen molar-refractivity contribution >= 4 is 34.0 Å². The Morgan fingerprint density at radius 2 is 1.56 bits per heavy atom. The Balaban J connectivity index is 2.31. The average molecular weight is 294 g/mol. The minimum Gasteiger partial charge on any atom is -0.338 e. The van der Waals surface area contributed by atoms with Crippen LogP contribution in [0.1, 0.15) is 6.92 Å². The Labute approximate surface area is 117 Å². The van der Waals surface area contributed by atoms with Gasteiger partial charge < -0.3 is 4.52 Å². The van der Waals surface area contributed by atoms with Gasteiger partial charge in [0, 0.05) is 10.2 Å². The van der Waals surface area contributed by atoms with Crippen LogP contribution in [0.15, 0.2) is 65.6 Å². The predicted molar refractivity (Wildman–Crippen MR) is 84.3 cm³/mol. The van der Waals surface area contributed by atoms with Gasteiger partial charge in [0.05, 0.1) is 6.61 Å². The highest BCUT2D eigenvalue weighted by molar-refractivity contribution is 8.71. The van der Waals surface area contributed by atoms with E-state index in [-0.39, 0.29) is 0 Å². The lowest BCUT2D eigenvalue weighted by Gasteiger charge is -2.21. The molecule has 4 heteroatoms.